The molecule has 0 aromatic heterocycles. The zero-order valence-electron chi connectivity index (χ0n) is 7.96. The van der Waals surface area contributed by atoms with Crippen LogP contribution in [0.15, 0.2) is 55.7 Å². The Labute approximate surface area is 79.9 Å². The lowest BCUT2D eigenvalue weighted by Gasteiger charge is -1.99. The molecule has 0 aliphatic heterocycles. The predicted octanol–water partition coefficient (Wildman–Crippen LogP) is 3.75. The van der Waals surface area contributed by atoms with Crippen LogP contribution in [-0.4, -0.2) is 0 Å². The molecule has 0 bridgehead atoms. The number of hydrogen-bond donors (Lipinski definition) is 0. The Balaban J connectivity index is 2.83. The molecule has 1 aromatic carbocycles. The Hall–Kier alpha value is -1.56. The molecule has 66 valence electrons. The number of rotatable bonds is 3. The molecule has 1 aromatic rings. The average molecular weight is 170 g/mol. The molecule has 0 N–H and O–H groups in total. The third kappa shape index (κ3) is 2.75. The second-order valence-electron chi connectivity index (χ2n) is 2.99. The van der Waals surface area contributed by atoms with Gasteiger partial charge in [-0.3, -0.25) is 0 Å². The van der Waals surface area contributed by atoms with Crippen LogP contribution in [0.5, 0.6) is 0 Å². The van der Waals surface area contributed by atoms with Gasteiger partial charge in [0.2, 0.25) is 0 Å². The van der Waals surface area contributed by atoms with E-state index in [0.717, 1.165) is 11.1 Å². The minimum atomic E-state index is 1.01. The number of hydrogen-bond acceptors (Lipinski definition) is 0. The van der Waals surface area contributed by atoms with E-state index in [1.165, 1.54) is 5.56 Å². The summed E-state index contributed by atoms with van der Waals surface area (Å²) in [5.41, 5.74) is 3.44. The van der Waals surface area contributed by atoms with Gasteiger partial charge in [-0.05, 0) is 18.1 Å². The zero-order chi connectivity index (χ0) is 9.68. The second-order valence-corrected chi connectivity index (χ2v) is 2.99. The molecule has 0 atom stereocenters. The molecule has 1 rings (SSSR count). The summed E-state index contributed by atoms with van der Waals surface area (Å²) in [6.45, 7) is 9.65. The molecule has 0 aliphatic carbocycles. The third-order valence-electron chi connectivity index (χ3n) is 1.86. The van der Waals surface area contributed by atoms with Gasteiger partial charge in [0.1, 0.15) is 0 Å². The summed E-state index contributed by atoms with van der Waals surface area (Å²) in [5.74, 6) is 0. The van der Waals surface area contributed by atoms with E-state index in [0.29, 0.717) is 0 Å². The van der Waals surface area contributed by atoms with E-state index >= 15 is 0 Å². The molecule has 0 fully saturated rings. The molecule has 0 heterocycles. The van der Waals surface area contributed by atoms with Crippen molar-refractivity contribution in [2.24, 2.45) is 0 Å². The minimum Gasteiger partial charge on any atom is -0.0991 e. The van der Waals surface area contributed by atoms with Gasteiger partial charge < -0.3 is 0 Å². The molecular formula is C13H14. The summed E-state index contributed by atoms with van der Waals surface area (Å²) >= 11 is 0. The van der Waals surface area contributed by atoms with Crippen LogP contribution in [0.1, 0.15) is 11.1 Å². The van der Waals surface area contributed by atoms with Crippen molar-refractivity contribution < 1.29 is 0 Å². The quantitative estimate of drug-likeness (QED) is 0.606. The monoisotopic (exact) mass is 170 g/mol. The third-order valence-corrected chi connectivity index (χ3v) is 1.86. The maximum Gasteiger partial charge on any atom is -0.0190 e. The van der Waals surface area contributed by atoms with Gasteiger partial charge in [0, 0.05) is 0 Å². The zero-order valence-corrected chi connectivity index (χ0v) is 7.96. The van der Waals surface area contributed by atoms with Gasteiger partial charge in [-0.1, -0.05) is 61.2 Å². The van der Waals surface area contributed by atoms with E-state index in [9.17, 15) is 0 Å². The summed E-state index contributed by atoms with van der Waals surface area (Å²) < 4.78 is 0. The van der Waals surface area contributed by atoms with Crippen LogP contribution >= 0.6 is 0 Å². The summed E-state index contributed by atoms with van der Waals surface area (Å²) in [7, 11) is 0. The lowest BCUT2D eigenvalue weighted by Crippen LogP contribution is -1.78. The van der Waals surface area contributed by atoms with Crippen LogP contribution in [0.25, 0.3) is 5.57 Å². The fourth-order valence-corrected chi connectivity index (χ4v) is 1.05. The first-order chi connectivity index (χ1) is 6.24. The summed E-state index contributed by atoms with van der Waals surface area (Å²) in [6, 6.07) is 8.32. The van der Waals surface area contributed by atoms with Gasteiger partial charge >= 0.3 is 0 Å². The van der Waals surface area contributed by atoms with E-state index in [1.54, 1.807) is 6.08 Å². The normalized spacial score (nSPS) is 10.2. The Bertz CT molecular complexity index is 326. The molecule has 0 aliphatic rings. The predicted molar refractivity (Wildman–Crippen MR) is 59.6 cm³/mol. The first kappa shape index (κ1) is 9.53. The van der Waals surface area contributed by atoms with Crippen LogP contribution in [-0.2, 0) is 0 Å². The standard InChI is InChI=1S/C13H14/c1-4-5-6-12(3)13-9-7-11(2)8-10-13/h4-10H,1,3H2,2H3/b6-5-. The Morgan fingerprint density at radius 3 is 2.38 bits per heavy atom. The molecule has 0 unspecified atom stereocenters. The molecule has 0 saturated carbocycles. The van der Waals surface area contributed by atoms with Gasteiger partial charge in [-0.25, -0.2) is 0 Å². The summed E-state index contributed by atoms with van der Waals surface area (Å²) in [6.07, 6.45) is 5.60. The van der Waals surface area contributed by atoms with Crippen molar-refractivity contribution in [1.29, 1.82) is 0 Å². The molecule has 0 heteroatoms. The molecule has 0 nitrogen and oxygen atoms in total. The number of allylic oxidation sites excluding steroid dienone is 4. The Kier molecular flexibility index (Phi) is 3.27. The first-order valence-corrected chi connectivity index (χ1v) is 4.29. The first-order valence-electron chi connectivity index (χ1n) is 4.29. The van der Waals surface area contributed by atoms with Gasteiger partial charge in [-0.2, -0.15) is 0 Å². The van der Waals surface area contributed by atoms with Crippen molar-refractivity contribution in [3.8, 4) is 0 Å². The van der Waals surface area contributed by atoms with Gasteiger partial charge in [-0.15, -0.1) is 0 Å². The van der Waals surface area contributed by atoms with Crippen LogP contribution in [0.2, 0.25) is 0 Å². The maximum absolute atomic E-state index is 3.96. The lowest BCUT2D eigenvalue weighted by atomic mass is 10.1. The van der Waals surface area contributed by atoms with Crippen molar-refractivity contribution in [2.45, 2.75) is 6.92 Å². The summed E-state index contributed by atoms with van der Waals surface area (Å²) in [5, 5.41) is 0. The SMILES string of the molecule is C=C/C=C\C(=C)c1ccc(C)cc1. The highest BCUT2D eigenvalue weighted by Gasteiger charge is 1.92. The van der Waals surface area contributed by atoms with E-state index in [4.69, 9.17) is 0 Å². The highest BCUT2D eigenvalue weighted by atomic mass is 14.0. The van der Waals surface area contributed by atoms with Crippen molar-refractivity contribution in [2.75, 3.05) is 0 Å². The Morgan fingerprint density at radius 2 is 1.85 bits per heavy atom. The molecule has 0 amide bonds. The maximum atomic E-state index is 3.96. The van der Waals surface area contributed by atoms with E-state index in [2.05, 4.69) is 44.3 Å². The highest BCUT2D eigenvalue weighted by molar-refractivity contribution is 5.72. The molecule has 0 spiro atoms. The van der Waals surface area contributed by atoms with Gasteiger partial charge in [0.15, 0.2) is 0 Å². The van der Waals surface area contributed by atoms with E-state index in [-0.39, 0.29) is 0 Å². The van der Waals surface area contributed by atoms with Crippen molar-refractivity contribution >= 4 is 5.57 Å². The molecule has 0 saturated heterocycles. The number of aryl methyl sites for hydroxylation is 1. The smallest absolute Gasteiger partial charge is 0.0190 e. The van der Waals surface area contributed by atoms with Crippen LogP contribution in [0, 0.1) is 6.92 Å². The molecule has 0 radical (unpaired) electrons. The highest BCUT2D eigenvalue weighted by Crippen LogP contribution is 2.14. The summed E-state index contributed by atoms with van der Waals surface area (Å²) in [4.78, 5) is 0. The minimum absolute atomic E-state index is 1.01. The van der Waals surface area contributed by atoms with Crippen molar-refractivity contribution in [1.82, 2.24) is 0 Å². The topological polar surface area (TPSA) is 0 Å². The van der Waals surface area contributed by atoms with E-state index in [1.807, 2.05) is 12.2 Å². The largest absolute Gasteiger partial charge is 0.0991 e. The molecule has 13 heavy (non-hydrogen) atoms. The fraction of sp³-hybridized carbons (Fsp3) is 0.0769. The van der Waals surface area contributed by atoms with Crippen LogP contribution < -0.4 is 0 Å². The van der Waals surface area contributed by atoms with Crippen molar-refractivity contribution in [3.63, 3.8) is 0 Å². The Morgan fingerprint density at radius 1 is 1.23 bits per heavy atom. The fourth-order valence-electron chi connectivity index (χ4n) is 1.05. The van der Waals surface area contributed by atoms with Crippen LogP contribution in [0.4, 0.5) is 0 Å². The average Bonchev–Trinajstić information content (AvgIpc) is 2.15. The molecular weight excluding hydrogens is 156 g/mol. The van der Waals surface area contributed by atoms with Crippen LogP contribution in [0.3, 0.4) is 0 Å². The van der Waals surface area contributed by atoms with E-state index < -0.39 is 0 Å². The number of benzene rings is 1. The van der Waals surface area contributed by atoms with Gasteiger partial charge in [0.05, 0.1) is 0 Å². The lowest BCUT2D eigenvalue weighted by molar-refractivity contribution is 1.46. The second kappa shape index (κ2) is 4.46. The van der Waals surface area contributed by atoms with Gasteiger partial charge in [0.25, 0.3) is 0 Å². The van der Waals surface area contributed by atoms with Crippen molar-refractivity contribution in [3.05, 3.63) is 66.8 Å².